The van der Waals surface area contributed by atoms with E-state index in [2.05, 4.69) is 4.99 Å². The van der Waals surface area contributed by atoms with E-state index in [0.29, 0.717) is 15.6 Å². The average Bonchev–Trinajstić information content (AvgIpc) is 2.91. The molecule has 0 N–H and O–H groups in total. The highest BCUT2D eigenvalue weighted by Gasteiger charge is 2.35. The Hall–Kier alpha value is -2.97. The van der Waals surface area contributed by atoms with Gasteiger partial charge in [0.05, 0.1) is 15.5 Å². The quantitative estimate of drug-likeness (QED) is 0.467. The smallest absolute Gasteiger partial charge is 0.267 e. The van der Waals surface area contributed by atoms with E-state index in [4.69, 9.17) is 0 Å². The van der Waals surface area contributed by atoms with Crippen LogP contribution in [0.4, 0.5) is 11.4 Å². The van der Waals surface area contributed by atoms with Gasteiger partial charge in [-0.2, -0.15) is 0 Å². The molecule has 2 aromatic rings. The molecule has 26 heavy (non-hydrogen) atoms. The standard InChI is InChI=1S/C18H16N4O3S/c1-20(2)21-17(23)16(12-13-7-6-10-15(11-13)22(24)25)26-18(21)19-14-8-4-3-5-9-14/h3-12H,1-2H3. The monoisotopic (exact) mass is 368 g/mol. The first-order chi connectivity index (χ1) is 12.5. The van der Waals surface area contributed by atoms with Crippen LogP contribution in [0.1, 0.15) is 5.56 Å². The number of hydrogen-bond donors (Lipinski definition) is 0. The number of nitrogens with zero attached hydrogens (tertiary/aromatic N) is 4. The van der Waals surface area contributed by atoms with E-state index in [1.807, 2.05) is 30.3 Å². The van der Waals surface area contributed by atoms with Gasteiger partial charge in [0.15, 0.2) is 5.17 Å². The van der Waals surface area contributed by atoms with E-state index < -0.39 is 4.92 Å². The number of hydrogen-bond acceptors (Lipinski definition) is 6. The summed E-state index contributed by atoms with van der Waals surface area (Å²) in [6.07, 6.45) is 1.64. The van der Waals surface area contributed by atoms with Crippen LogP contribution in [0.15, 0.2) is 64.5 Å². The van der Waals surface area contributed by atoms with Gasteiger partial charge >= 0.3 is 0 Å². The van der Waals surface area contributed by atoms with Crippen molar-refractivity contribution < 1.29 is 9.72 Å². The summed E-state index contributed by atoms with van der Waals surface area (Å²) in [4.78, 5) is 28.2. The van der Waals surface area contributed by atoms with Crippen molar-refractivity contribution in [2.45, 2.75) is 0 Å². The number of non-ortho nitro benzene ring substituents is 1. The maximum Gasteiger partial charge on any atom is 0.281 e. The van der Waals surface area contributed by atoms with Crippen LogP contribution < -0.4 is 0 Å². The fourth-order valence-electron chi connectivity index (χ4n) is 2.38. The molecule has 0 aliphatic carbocycles. The van der Waals surface area contributed by atoms with E-state index in [-0.39, 0.29) is 11.6 Å². The van der Waals surface area contributed by atoms with Crippen molar-refractivity contribution in [2.24, 2.45) is 4.99 Å². The molecule has 7 nitrogen and oxygen atoms in total. The number of rotatable bonds is 4. The van der Waals surface area contributed by atoms with Crippen molar-refractivity contribution in [3.05, 3.63) is 75.2 Å². The first kappa shape index (κ1) is 17.8. The van der Waals surface area contributed by atoms with E-state index in [9.17, 15) is 14.9 Å². The lowest BCUT2D eigenvalue weighted by molar-refractivity contribution is -0.384. The summed E-state index contributed by atoms with van der Waals surface area (Å²) in [5.41, 5.74) is 1.32. The summed E-state index contributed by atoms with van der Waals surface area (Å²) < 4.78 is 0. The molecular formula is C18H16N4O3S. The lowest BCUT2D eigenvalue weighted by atomic mass is 10.2. The number of amides is 1. The third-order valence-electron chi connectivity index (χ3n) is 3.55. The Morgan fingerprint density at radius 3 is 2.54 bits per heavy atom. The molecule has 2 aromatic carbocycles. The van der Waals surface area contributed by atoms with Gasteiger partial charge in [0.1, 0.15) is 0 Å². The molecule has 1 aliphatic heterocycles. The summed E-state index contributed by atoms with van der Waals surface area (Å²) in [5.74, 6) is -0.221. The molecular weight excluding hydrogens is 352 g/mol. The van der Waals surface area contributed by atoms with Gasteiger partial charge in [0, 0.05) is 26.2 Å². The second kappa shape index (κ2) is 7.51. The molecule has 1 amide bonds. The number of aliphatic imine (C=N–C) groups is 1. The van der Waals surface area contributed by atoms with Crippen LogP contribution in [-0.2, 0) is 4.79 Å². The number of carbonyl (C=O) groups is 1. The van der Waals surface area contributed by atoms with Crippen LogP contribution in [-0.4, -0.2) is 40.1 Å². The Morgan fingerprint density at radius 2 is 1.88 bits per heavy atom. The summed E-state index contributed by atoms with van der Waals surface area (Å²) in [7, 11) is 3.52. The normalized spacial score (nSPS) is 17.5. The van der Waals surface area contributed by atoms with Crippen LogP contribution in [0.25, 0.3) is 6.08 Å². The Bertz CT molecular complexity index is 910. The predicted molar refractivity (Wildman–Crippen MR) is 103 cm³/mol. The van der Waals surface area contributed by atoms with Gasteiger partial charge in [-0.1, -0.05) is 30.3 Å². The summed E-state index contributed by atoms with van der Waals surface area (Å²) in [5, 5.41) is 14.6. The second-order valence-corrected chi connectivity index (χ2v) is 6.67. The number of nitro benzene ring substituents is 1. The summed E-state index contributed by atoms with van der Waals surface area (Å²) in [6.45, 7) is 0. The highest BCUT2D eigenvalue weighted by molar-refractivity contribution is 8.18. The number of hydrazine groups is 1. The Balaban J connectivity index is 1.97. The maximum absolute atomic E-state index is 12.8. The van der Waals surface area contributed by atoms with Crippen molar-refractivity contribution in [1.29, 1.82) is 0 Å². The van der Waals surface area contributed by atoms with Crippen molar-refractivity contribution in [3.8, 4) is 0 Å². The highest BCUT2D eigenvalue weighted by Crippen LogP contribution is 2.34. The van der Waals surface area contributed by atoms with Crippen LogP contribution in [0.2, 0.25) is 0 Å². The number of para-hydroxylation sites is 1. The molecule has 132 valence electrons. The predicted octanol–water partition coefficient (Wildman–Crippen LogP) is 3.68. The van der Waals surface area contributed by atoms with Crippen molar-refractivity contribution in [2.75, 3.05) is 14.1 Å². The fraction of sp³-hybridized carbons (Fsp3) is 0.111. The van der Waals surface area contributed by atoms with Gasteiger partial charge in [-0.3, -0.25) is 14.9 Å². The van der Waals surface area contributed by atoms with Crippen molar-refractivity contribution >= 4 is 40.3 Å². The Labute approximate surface area is 154 Å². The summed E-state index contributed by atoms with van der Waals surface area (Å²) in [6, 6.07) is 15.5. The molecule has 0 atom stereocenters. The molecule has 0 spiro atoms. The van der Waals surface area contributed by atoms with Crippen LogP contribution in [0, 0.1) is 10.1 Å². The molecule has 0 unspecified atom stereocenters. The molecule has 1 aliphatic rings. The average molecular weight is 368 g/mol. The molecule has 1 saturated heterocycles. The number of carbonyl (C=O) groups excluding carboxylic acids is 1. The van der Waals surface area contributed by atoms with Gasteiger partial charge in [0.25, 0.3) is 11.6 Å². The topological polar surface area (TPSA) is 79.0 Å². The van der Waals surface area contributed by atoms with Crippen LogP contribution >= 0.6 is 11.8 Å². The number of benzene rings is 2. The van der Waals surface area contributed by atoms with Gasteiger partial charge < -0.3 is 0 Å². The van der Waals surface area contributed by atoms with E-state index in [1.165, 1.54) is 28.9 Å². The number of nitro groups is 1. The van der Waals surface area contributed by atoms with Gasteiger partial charge in [0.2, 0.25) is 0 Å². The van der Waals surface area contributed by atoms with E-state index in [0.717, 1.165) is 5.69 Å². The lowest BCUT2D eigenvalue weighted by Crippen LogP contribution is -2.40. The van der Waals surface area contributed by atoms with Crippen LogP contribution in [0.5, 0.6) is 0 Å². The van der Waals surface area contributed by atoms with Gasteiger partial charge in [-0.05, 0) is 35.5 Å². The van der Waals surface area contributed by atoms with Gasteiger partial charge in [-0.25, -0.2) is 15.0 Å². The van der Waals surface area contributed by atoms with Gasteiger partial charge in [-0.15, -0.1) is 0 Å². The maximum atomic E-state index is 12.8. The third-order valence-corrected chi connectivity index (χ3v) is 4.50. The molecule has 1 heterocycles. The minimum Gasteiger partial charge on any atom is -0.267 e. The molecule has 1 fully saturated rings. The third kappa shape index (κ3) is 3.81. The lowest BCUT2D eigenvalue weighted by Gasteiger charge is -2.22. The zero-order valence-corrected chi connectivity index (χ0v) is 15.0. The Morgan fingerprint density at radius 1 is 1.15 bits per heavy atom. The minimum atomic E-state index is -0.458. The molecule has 0 aromatic heterocycles. The Kier molecular flexibility index (Phi) is 5.15. The molecule has 3 rings (SSSR count). The molecule has 8 heteroatoms. The second-order valence-electron chi connectivity index (χ2n) is 5.66. The fourth-order valence-corrected chi connectivity index (χ4v) is 3.43. The molecule has 0 saturated carbocycles. The first-order valence-corrected chi connectivity index (χ1v) is 8.57. The largest absolute Gasteiger partial charge is 0.281 e. The van der Waals surface area contributed by atoms with Crippen molar-refractivity contribution in [3.63, 3.8) is 0 Å². The molecule has 0 bridgehead atoms. The number of thioether (sulfide) groups is 1. The minimum absolute atomic E-state index is 0.0163. The van der Waals surface area contributed by atoms with Crippen LogP contribution in [0.3, 0.4) is 0 Å². The first-order valence-electron chi connectivity index (χ1n) is 7.75. The van der Waals surface area contributed by atoms with E-state index >= 15 is 0 Å². The molecule has 0 radical (unpaired) electrons. The highest BCUT2D eigenvalue weighted by atomic mass is 32.2. The SMILES string of the molecule is CN(C)N1C(=O)C(=Cc2cccc([N+](=O)[O-])c2)SC1=Nc1ccccc1. The summed E-state index contributed by atoms with van der Waals surface area (Å²) >= 11 is 1.24. The van der Waals surface area contributed by atoms with E-state index in [1.54, 1.807) is 37.3 Å². The number of amidine groups is 1. The zero-order chi connectivity index (χ0) is 18.7. The zero-order valence-electron chi connectivity index (χ0n) is 14.2. The van der Waals surface area contributed by atoms with Crippen molar-refractivity contribution in [1.82, 2.24) is 10.0 Å².